The molecule has 0 radical (unpaired) electrons. The number of hydrogen-bond acceptors (Lipinski definition) is 6. The van der Waals surface area contributed by atoms with Crippen molar-refractivity contribution in [2.45, 2.75) is 0 Å². The molecule has 0 bridgehead atoms. The molecular weight excluding hydrogens is 196 g/mol. The molecule has 0 aliphatic rings. The maximum absolute atomic E-state index is 5.18. The molecule has 0 spiro atoms. The van der Waals surface area contributed by atoms with Crippen molar-refractivity contribution in [3.8, 4) is 17.6 Å². The van der Waals surface area contributed by atoms with Crippen LogP contribution in [0.15, 0.2) is 22.8 Å². The lowest BCUT2D eigenvalue weighted by Gasteiger charge is -2.03. The lowest BCUT2D eigenvalue weighted by atomic mass is 10.4. The zero-order valence-corrected chi connectivity index (χ0v) is 8.39. The van der Waals surface area contributed by atoms with Crippen LogP contribution in [0.5, 0.6) is 6.01 Å². The van der Waals surface area contributed by atoms with E-state index in [0.717, 1.165) is 0 Å². The smallest absolute Gasteiger partial charge is 0.321 e. The van der Waals surface area contributed by atoms with Gasteiger partial charge < -0.3 is 14.5 Å². The first-order valence-corrected chi connectivity index (χ1v) is 4.35. The summed E-state index contributed by atoms with van der Waals surface area (Å²) < 4.78 is 10.1. The van der Waals surface area contributed by atoms with Crippen LogP contribution in [0.2, 0.25) is 0 Å². The third kappa shape index (κ3) is 1.88. The Hall–Kier alpha value is -2.11. The second-order valence-corrected chi connectivity index (χ2v) is 2.70. The van der Waals surface area contributed by atoms with Crippen LogP contribution < -0.4 is 10.1 Å². The number of rotatable bonds is 3. The van der Waals surface area contributed by atoms with Crippen LogP contribution in [0.1, 0.15) is 0 Å². The Morgan fingerprint density at radius 2 is 2.20 bits per heavy atom. The molecule has 6 heteroatoms. The molecule has 15 heavy (non-hydrogen) atoms. The number of aromatic nitrogens is 3. The summed E-state index contributed by atoms with van der Waals surface area (Å²) in [6.45, 7) is 0. The Morgan fingerprint density at radius 3 is 2.80 bits per heavy atom. The Labute approximate surface area is 86.3 Å². The standard InChI is InChI=1S/C9H10N4O2/c1-10-8-11-7(6-4-3-5-15-6)12-9(13-8)14-2/h3-5H,1-2H3,(H,10,11,12,13). The van der Waals surface area contributed by atoms with Gasteiger partial charge in [-0.1, -0.05) is 0 Å². The fourth-order valence-electron chi connectivity index (χ4n) is 1.08. The molecule has 2 aromatic heterocycles. The first kappa shape index (κ1) is 9.45. The summed E-state index contributed by atoms with van der Waals surface area (Å²) in [7, 11) is 3.22. The van der Waals surface area contributed by atoms with Crippen LogP contribution in [0.3, 0.4) is 0 Å². The van der Waals surface area contributed by atoms with Crippen molar-refractivity contribution in [2.75, 3.05) is 19.5 Å². The zero-order valence-electron chi connectivity index (χ0n) is 8.39. The second-order valence-electron chi connectivity index (χ2n) is 2.70. The average Bonchev–Trinajstić information content (AvgIpc) is 2.81. The normalized spacial score (nSPS) is 10.0. The number of nitrogens with zero attached hydrogens (tertiary/aromatic N) is 3. The van der Waals surface area contributed by atoms with Crippen LogP contribution in [0.25, 0.3) is 11.6 Å². The summed E-state index contributed by atoms with van der Waals surface area (Å²) in [6.07, 6.45) is 1.56. The Balaban J connectivity index is 2.47. The van der Waals surface area contributed by atoms with Gasteiger partial charge in [0.15, 0.2) is 5.76 Å². The van der Waals surface area contributed by atoms with E-state index in [1.165, 1.54) is 7.11 Å². The lowest BCUT2D eigenvalue weighted by Crippen LogP contribution is -2.02. The summed E-state index contributed by atoms with van der Waals surface area (Å²) in [5.74, 6) is 1.46. The second kappa shape index (κ2) is 3.95. The van der Waals surface area contributed by atoms with E-state index in [2.05, 4.69) is 20.3 Å². The predicted molar refractivity (Wildman–Crippen MR) is 53.6 cm³/mol. The van der Waals surface area contributed by atoms with Gasteiger partial charge in [-0.05, 0) is 12.1 Å². The highest BCUT2D eigenvalue weighted by molar-refractivity contribution is 5.48. The van der Waals surface area contributed by atoms with Crippen molar-refractivity contribution in [1.29, 1.82) is 0 Å². The van der Waals surface area contributed by atoms with Gasteiger partial charge in [0.2, 0.25) is 11.8 Å². The molecule has 0 atom stereocenters. The van der Waals surface area contributed by atoms with Crippen molar-refractivity contribution in [2.24, 2.45) is 0 Å². The van der Waals surface area contributed by atoms with Crippen LogP contribution in [-0.2, 0) is 0 Å². The fourth-order valence-corrected chi connectivity index (χ4v) is 1.08. The quantitative estimate of drug-likeness (QED) is 0.812. The van der Waals surface area contributed by atoms with Crippen LogP contribution in [0.4, 0.5) is 5.95 Å². The molecular formula is C9H10N4O2. The SMILES string of the molecule is CNc1nc(OC)nc(-c2ccco2)n1. The van der Waals surface area contributed by atoms with Gasteiger partial charge in [0.1, 0.15) is 0 Å². The molecule has 0 saturated carbocycles. The first-order chi connectivity index (χ1) is 7.33. The number of ether oxygens (including phenoxy) is 1. The zero-order chi connectivity index (χ0) is 10.7. The molecule has 0 aliphatic carbocycles. The van der Waals surface area contributed by atoms with E-state index in [-0.39, 0.29) is 6.01 Å². The summed E-state index contributed by atoms with van der Waals surface area (Å²) in [6, 6.07) is 3.79. The molecule has 2 rings (SSSR count). The molecule has 0 aromatic carbocycles. The van der Waals surface area contributed by atoms with E-state index in [0.29, 0.717) is 17.5 Å². The van der Waals surface area contributed by atoms with Gasteiger partial charge in [0.25, 0.3) is 0 Å². The highest BCUT2D eigenvalue weighted by Crippen LogP contribution is 2.18. The minimum absolute atomic E-state index is 0.251. The van der Waals surface area contributed by atoms with E-state index >= 15 is 0 Å². The molecule has 0 unspecified atom stereocenters. The van der Waals surface area contributed by atoms with Gasteiger partial charge in [0.05, 0.1) is 13.4 Å². The van der Waals surface area contributed by atoms with Gasteiger partial charge in [-0.3, -0.25) is 0 Å². The third-order valence-corrected chi connectivity index (χ3v) is 1.76. The minimum atomic E-state index is 0.251. The maximum atomic E-state index is 5.18. The Morgan fingerprint density at radius 1 is 1.33 bits per heavy atom. The Kier molecular flexibility index (Phi) is 2.49. The van der Waals surface area contributed by atoms with Gasteiger partial charge >= 0.3 is 6.01 Å². The Bertz CT molecular complexity index is 419. The topological polar surface area (TPSA) is 73.1 Å². The van der Waals surface area contributed by atoms with Gasteiger partial charge in [-0.15, -0.1) is 0 Å². The molecule has 0 saturated heterocycles. The van der Waals surface area contributed by atoms with Crippen LogP contribution in [-0.4, -0.2) is 29.1 Å². The van der Waals surface area contributed by atoms with Gasteiger partial charge in [0, 0.05) is 7.05 Å². The molecule has 2 heterocycles. The average molecular weight is 206 g/mol. The van der Waals surface area contributed by atoms with E-state index < -0.39 is 0 Å². The number of methoxy groups -OCH3 is 1. The number of hydrogen-bond donors (Lipinski definition) is 1. The molecule has 6 nitrogen and oxygen atoms in total. The first-order valence-electron chi connectivity index (χ1n) is 4.35. The van der Waals surface area contributed by atoms with Crippen molar-refractivity contribution in [3.05, 3.63) is 18.4 Å². The molecule has 0 amide bonds. The number of furan rings is 1. The molecule has 78 valence electrons. The highest BCUT2D eigenvalue weighted by Gasteiger charge is 2.09. The minimum Gasteiger partial charge on any atom is -0.467 e. The van der Waals surface area contributed by atoms with E-state index in [1.54, 1.807) is 25.4 Å². The monoisotopic (exact) mass is 206 g/mol. The summed E-state index contributed by atoms with van der Waals surface area (Å²) in [5, 5.41) is 2.82. The van der Waals surface area contributed by atoms with E-state index in [4.69, 9.17) is 9.15 Å². The number of nitrogens with one attached hydrogen (secondary N) is 1. The molecule has 2 aromatic rings. The van der Waals surface area contributed by atoms with Crippen molar-refractivity contribution in [3.63, 3.8) is 0 Å². The molecule has 1 N–H and O–H groups in total. The maximum Gasteiger partial charge on any atom is 0.321 e. The van der Waals surface area contributed by atoms with Crippen molar-refractivity contribution < 1.29 is 9.15 Å². The van der Waals surface area contributed by atoms with E-state index in [9.17, 15) is 0 Å². The van der Waals surface area contributed by atoms with Gasteiger partial charge in [-0.2, -0.15) is 15.0 Å². The highest BCUT2D eigenvalue weighted by atomic mass is 16.5. The fraction of sp³-hybridized carbons (Fsp3) is 0.222. The third-order valence-electron chi connectivity index (χ3n) is 1.76. The van der Waals surface area contributed by atoms with Crippen LogP contribution >= 0.6 is 0 Å². The number of anilines is 1. The lowest BCUT2D eigenvalue weighted by molar-refractivity contribution is 0.379. The largest absolute Gasteiger partial charge is 0.467 e. The summed E-state index contributed by atoms with van der Waals surface area (Å²) in [4.78, 5) is 12.2. The van der Waals surface area contributed by atoms with Crippen molar-refractivity contribution in [1.82, 2.24) is 15.0 Å². The summed E-state index contributed by atoms with van der Waals surface area (Å²) >= 11 is 0. The van der Waals surface area contributed by atoms with Gasteiger partial charge in [-0.25, -0.2) is 0 Å². The predicted octanol–water partition coefficient (Wildman–Crippen LogP) is 1.18. The molecule has 0 aliphatic heterocycles. The molecule has 0 fully saturated rings. The van der Waals surface area contributed by atoms with E-state index in [1.807, 2.05) is 0 Å². The van der Waals surface area contributed by atoms with Crippen LogP contribution in [0, 0.1) is 0 Å². The van der Waals surface area contributed by atoms with Crippen molar-refractivity contribution >= 4 is 5.95 Å². The summed E-state index contributed by atoms with van der Waals surface area (Å²) in [5.41, 5.74) is 0.